The van der Waals surface area contributed by atoms with E-state index in [1.54, 1.807) is 0 Å². The average molecular weight is 215 g/mol. The molecule has 6 nitrogen and oxygen atoms in total. The van der Waals surface area contributed by atoms with Gasteiger partial charge in [-0.05, 0) is 0 Å². The van der Waals surface area contributed by atoms with E-state index in [1.807, 2.05) is 0 Å². The molecule has 0 spiro atoms. The molecule has 6 heteroatoms. The van der Waals surface area contributed by atoms with Crippen LogP contribution in [0.5, 0.6) is 0 Å². The molecule has 3 N–H and O–H groups in total. The summed E-state index contributed by atoms with van der Waals surface area (Å²) in [4.78, 5) is 0. The Labute approximate surface area is 90.2 Å². The maximum Gasteiger partial charge on any atom is 0.283 e. The number of nitrogens with zero attached hydrogens (tertiary/aromatic N) is 3. The van der Waals surface area contributed by atoms with Crippen LogP contribution in [-0.2, 0) is 0 Å². The summed E-state index contributed by atoms with van der Waals surface area (Å²) in [6, 6.07) is 0. The molecule has 0 fully saturated rings. The van der Waals surface area contributed by atoms with Gasteiger partial charge in [0.1, 0.15) is 0 Å². The fourth-order valence-corrected chi connectivity index (χ4v) is 0.500. The Balaban J connectivity index is -0.0000000581. The molecule has 0 amide bonds. The first kappa shape index (κ1) is 23.0. The lowest BCUT2D eigenvalue weighted by Gasteiger charge is -1.86. The van der Waals surface area contributed by atoms with E-state index in [-0.39, 0.29) is 0 Å². The van der Waals surface area contributed by atoms with Crippen LogP contribution in [0.3, 0.4) is 0 Å². The fourth-order valence-electron chi connectivity index (χ4n) is 0.500. The number of unbranched alkanes of at least 4 members (excludes halogenated alkanes) is 3. The molecule has 0 unspecified atom stereocenters. The molecular formula is C9H17N3O3. The largest absolute Gasteiger partial charge is 0.443 e. The SMILES string of the molecule is CCCCCC.N#CO.N#CO.N#CO. The zero-order valence-electron chi connectivity index (χ0n) is 9.01. The van der Waals surface area contributed by atoms with E-state index in [4.69, 9.17) is 31.1 Å². The van der Waals surface area contributed by atoms with E-state index < -0.39 is 0 Å². The summed E-state index contributed by atoms with van der Waals surface area (Å²) >= 11 is 0. The highest BCUT2D eigenvalue weighted by atomic mass is 16.2. The highest BCUT2D eigenvalue weighted by molar-refractivity contribution is 4.31. The van der Waals surface area contributed by atoms with E-state index >= 15 is 0 Å². The molecule has 0 aliphatic heterocycles. The molecule has 86 valence electrons. The van der Waals surface area contributed by atoms with E-state index in [0.29, 0.717) is 0 Å². The van der Waals surface area contributed by atoms with Crippen molar-refractivity contribution in [3.63, 3.8) is 0 Å². The standard InChI is InChI=1S/C6H14.3CHNO/c1-3-5-6-4-2;3*2-1-3/h3-6H2,1-2H3;3*3H. The molecule has 0 saturated carbocycles. The molecule has 0 aliphatic rings. The molecule has 15 heavy (non-hydrogen) atoms. The van der Waals surface area contributed by atoms with Crippen molar-refractivity contribution in [2.75, 3.05) is 0 Å². The molecule has 0 atom stereocenters. The van der Waals surface area contributed by atoms with Crippen LogP contribution in [0.1, 0.15) is 39.5 Å². The van der Waals surface area contributed by atoms with Crippen LogP contribution in [0.4, 0.5) is 0 Å². The second-order valence-electron chi connectivity index (χ2n) is 2.01. The van der Waals surface area contributed by atoms with Crippen LogP contribution >= 0.6 is 0 Å². The number of hydrogen-bond donors (Lipinski definition) is 3. The smallest absolute Gasteiger partial charge is 0.283 e. The van der Waals surface area contributed by atoms with E-state index in [9.17, 15) is 0 Å². The van der Waals surface area contributed by atoms with Crippen LogP contribution in [0.25, 0.3) is 0 Å². The van der Waals surface area contributed by atoms with Gasteiger partial charge in [0.25, 0.3) is 18.8 Å². The van der Waals surface area contributed by atoms with Crippen molar-refractivity contribution in [1.82, 2.24) is 0 Å². The Morgan fingerprint density at radius 2 is 0.867 bits per heavy atom. The van der Waals surface area contributed by atoms with Crippen molar-refractivity contribution in [3.8, 4) is 18.8 Å². The van der Waals surface area contributed by atoms with E-state index in [2.05, 4.69) is 13.8 Å². The lowest BCUT2D eigenvalue weighted by molar-refractivity contribution is 0.502. The predicted molar refractivity (Wildman–Crippen MR) is 52.5 cm³/mol. The van der Waals surface area contributed by atoms with Crippen molar-refractivity contribution >= 4 is 0 Å². The second-order valence-corrected chi connectivity index (χ2v) is 2.01. The van der Waals surface area contributed by atoms with Crippen LogP contribution in [0.2, 0.25) is 0 Å². The van der Waals surface area contributed by atoms with Crippen molar-refractivity contribution < 1.29 is 15.3 Å². The number of aliphatic hydroxyl groups is 3. The van der Waals surface area contributed by atoms with E-state index in [0.717, 1.165) is 18.8 Å². The zero-order valence-corrected chi connectivity index (χ0v) is 9.01. The van der Waals surface area contributed by atoms with Crippen LogP contribution in [-0.4, -0.2) is 15.3 Å². The molecule has 0 rings (SSSR count). The summed E-state index contributed by atoms with van der Waals surface area (Å²) in [5, 5.41) is 41.2. The topological polar surface area (TPSA) is 132 Å². The molecular weight excluding hydrogens is 198 g/mol. The maximum atomic E-state index is 6.88. The first-order valence-corrected chi connectivity index (χ1v) is 4.26. The highest BCUT2D eigenvalue weighted by Gasteiger charge is 1.75. The second kappa shape index (κ2) is 59.1. The van der Waals surface area contributed by atoms with Gasteiger partial charge >= 0.3 is 0 Å². The summed E-state index contributed by atoms with van der Waals surface area (Å²) < 4.78 is 0. The Hall–Kier alpha value is -2.13. The van der Waals surface area contributed by atoms with Gasteiger partial charge in [-0.15, -0.1) is 0 Å². The molecule has 0 aromatic heterocycles. The van der Waals surface area contributed by atoms with Crippen molar-refractivity contribution in [2.45, 2.75) is 39.5 Å². The monoisotopic (exact) mass is 215 g/mol. The third kappa shape index (κ3) is 1530. The van der Waals surface area contributed by atoms with Gasteiger partial charge in [-0.25, -0.2) is 0 Å². The van der Waals surface area contributed by atoms with Crippen LogP contribution < -0.4 is 0 Å². The summed E-state index contributed by atoms with van der Waals surface area (Å²) in [7, 11) is 0. The summed E-state index contributed by atoms with van der Waals surface area (Å²) in [6.07, 6.45) is 7.79. The van der Waals surface area contributed by atoms with Crippen molar-refractivity contribution in [2.24, 2.45) is 0 Å². The Bertz CT molecular complexity index is 156. The first-order valence-electron chi connectivity index (χ1n) is 4.26. The van der Waals surface area contributed by atoms with Gasteiger partial charge in [-0.3, -0.25) is 0 Å². The van der Waals surface area contributed by atoms with Crippen molar-refractivity contribution in [1.29, 1.82) is 15.8 Å². The minimum Gasteiger partial charge on any atom is -0.443 e. The van der Waals surface area contributed by atoms with Gasteiger partial charge in [0, 0.05) is 0 Å². The summed E-state index contributed by atoms with van der Waals surface area (Å²) in [5.41, 5.74) is 0. The Kier molecular flexibility index (Phi) is 90.9. The Morgan fingerprint density at radius 1 is 0.733 bits per heavy atom. The van der Waals surface area contributed by atoms with E-state index in [1.165, 1.54) is 25.7 Å². The first-order chi connectivity index (χ1) is 7.16. The lowest BCUT2D eigenvalue weighted by atomic mass is 10.2. The van der Waals surface area contributed by atoms with Gasteiger partial charge in [0.15, 0.2) is 0 Å². The van der Waals surface area contributed by atoms with Crippen LogP contribution in [0, 0.1) is 34.6 Å². The predicted octanol–water partition coefficient (Wildman–Crippen LogP) is 2.11. The molecule has 0 radical (unpaired) electrons. The number of rotatable bonds is 3. The van der Waals surface area contributed by atoms with Gasteiger partial charge in [0.2, 0.25) is 0 Å². The van der Waals surface area contributed by atoms with Gasteiger partial charge in [-0.1, -0.05) is 39.5 Å². The number of nitriles is 3. The normalized spacial score (nSPS) is 5.00. The average Bonchev–Trinajstić information content (AvgIpc) is 2.18. The maximum absolute atomic E-state index is 6.88. The molecule has 0 aliphatic carbocycles. The number of hydrogen-bond acceptors (Lipinski definition) is 6. The minimum absolute atomic E-state index is 0.750. The zero-order chi connectivity index (χ0) is 12.9. The molecule has 0 heterocycles. The molecule has 0 bridgehead atoms. The fraction of sp³-hybridized carbons (Fsp3) is 0.667. The quantitative estimate of drug-likeness (QED) is 0.487. The van der Waals surface area contributed by atoms with Crippen LogP contribution in [0.15, 0.2) is 0 Å². The Morgan fingerprint density at radius 3 is 0.933 bits per heavy atom. The minimum atomic E-state index is 0.750. The third-order valence-electron chi connectivity index (χ3n) is 0.957. The molecule has 0 aromatic rings. The van der Waals surface area contributed by atoms with Gasteiger partial charge in [0.05, 0.1) is 0 Å². The third-order valence-corrected chi connectivity index (χ3v) is 0.957. The highest BCUT2D eigenvalue weighted by Crippen LogP contribution is 1.95. The number of aliphatic hydroxyl groups excluding tert-OH is 3. The van der Waals surface area contributed by atoms with Gasteiger partial charge < -0.3 is 15.3 Å². The summed E-state index contributed by atoms with van der Waals surface area (Å²) in [5.74, 6) is 0. The summed E-state index contributed by atoms with van der Waals surface area (Å²) in [6.45, 7) is 4.46. The van der Waals surface area contributed by atoms with Crippen molar-refractivity contribution in [3.05, 3.63) is 0 Å². The lowest BCUT2D eigenvalue weighted by Crippen LogP contribution is -1.66. The van der Waals surface area contributed by atoms with Gasteiger partial charge in [-0.2, -0.15) is 15.8 Å². The molecule has 0 saturated heterocycles. The molecule has 0 aromatic carbocycles.